The molecule has 0 N–H and O–H groups in total. The van der Waals surface area contributed by atoms with Crippen molar-refractivity contribution >= 4 is 23.5 Å². The average molecular weight is 239 g/mol. The van der Waals surface area contributed by atoms with Gasteiger partial charge in [-0.2, -0.15) is 0 Å². The van der Waals surface area contributed by atoms with E-state index < -0.39 is 0 Å². The van der Waals surface area contributed by atoms with E-state index in [0.717, 1.165) is 4.90 Å². The van der Waals surface area contributed by atoms with Crippen molar-refractivity contribution in [3.8, 4) is 11.3 Å². The number of thiol groups is 1. The van der Waals surface area contributed by atoms with Crippen molar-refractivity contribution in [2.24, 2.45) is 7.05 Å². The summed E-state index contributed by atoms with van der Waals surface area (Å²) in [6.45, 7) is 0. The quantitative estimate of drug-likeness (QED) is 0.609. The summed E-state index contributed by atoms with van der Waals surface area (Å²) < 4.78 is 2.22. The predicted molar refractivity (Wildman–Crippen MR) is 75.6 cm³/mol. The molecule has 0 bridgehead atoms. The molecule has 3 rings (SSSR count). The van der Waals surface area contributed by atoms with E-state index in [1.807, 2.05) is 12.1 Å². The second-order valence-electron chi connectivity index (χ2n) is 4.20. The number of hydrogen-bond acceptors (Lipinski definition) is 1. The Morgan fingerprint density at radius 3 is 2.47 bits per heavy atom. The molecule has 84 valence electrons. The summed E-state index contributed by atoms with van der Waals surface area (Å²) in [6.07, 6.45) is 0. The molecule has 3 aromatic rings. The molecule has 0 spiro atoms. The molecule has 0 atom stereocenters. The second kappa shape index (κ2) is 3.97. The Morgan fingerprint density at radius 1 is 0.941 bits per heavy atom. The zero-order chi connectivity index (χ0) is 11.8. The van der Waals surface area contributed by atoms with E-state index in [0.29, 0.717) is 0 Å². The molecule has 0 fully saturated rings. The van der Waals surface area contributed by atoms with Gasteiger partial charge >= 0.3 is 0 Å². The third-order valence-corrected chi connectivity index (χ3v) is 3.37. The zero-order valence-electron chi connectivity index (χ0n) is 9.59. The van der Waals surface area contributed by atoms with Gasteiger partial charge < -0.3 is 4.57 Å². The fraction of sp³-hybridized carbons (Fsp3) is 0.0667. The van der Waals surface area contributed by atoms with Crippen LogP contribution in [0.4, 0.5) is 0 Å². The van der Waals surface area contributed by atoms with Crippen LogP contribution in [0.5, 0.6) is 0 Å². The van der Waals surface area contributed by atoms with E-state index >= 15 is 0 Å². The lowest BCUT2D eigenvalue weighted by atomic mass is 10.1. The van der Waals surface area contributed by atoms with Crippen molar-refractivity contribution in [3.05, 3.63) is 54.6 Å². The Hall–Kier alpha value is -1.67. The first-order valence-corrected chi connectivity index (χ1v) is 6.04. The van der Waals surface area contributed by atoms with E-state index in [9.17, 15) is 0 Å². The number of aryl methyl sites for hydroxylation is 1. The summed E-state index contributed by atoms with van der Waals surface area (Å²) in [5.41, 5.74) is 3.72. The lowest BCUT2D eigenvalue weighted by Crippen LogP contribution is -1.90. The highest BCUT2D eigenvalue weighted by Gasteiger charge is 2.07. The van der Waals surface area contributed by atoms with Gasteiger partial charge in [0.15, 0.2) is 0 Å². The van der Waals surface area contributed by atoms with Crippen molar-refractivity contribution in [1.82, 2.24) is 4.57 Å². The summed E-state index contributed by atoms with van der Waals surface area (Å²) >= 11 is 4.38. The number of benzene rings is 2. The monoisotopic (exact) mass is 239 g/mol. The van der Waals surface area contributed by atoms with Crippen LogP contribution in [-0.2, 0) is 7.05 Å². The van der Waals surface area contributed by atoms with Gasteiger partial charge in [0.25, 0.3) is 0 Å². The van der Waals surface area contributed by atoms with Crippen LogP contribution in [0, 0.1) is 0 Å². The maximum absolute atomic E-state index is 4.38. The Bertz CT molecular complexity index is 668. The summed E-state index contributed by atoms with van der Waals surface area (Å²) in [7, 11) is 2.10. The van der Waals surface area contributed by atoms with Gasteiger partial charge in [0.05, 0.1) is 0 Å². The molecule has 1 aromatic heterocycles. The van der Waals surface area contributed by atoms with E-state index in [1.165, 1.54) is 22.2 Å². The van der Waals surface area contributed by atoms with Crippen molar-refractivity contribution in [2.45, 2.75) is 4.90 Å². The first-order valence-electron chi connectivity index (χ1n) is 5.59. The summed E-state index contributed by atoms with van der Waals surface area (Å²) in [5.74, 6) is 0. The van der Waals surface area contributed by atoms with Crippen LogP contribution in [0.2, 0.25) is 0 Å². The van der Waals surface area contributed by atoms with Crippen LogP contribution >= 0.6 is 12.6 Å². The summed E-state index contributed by atoms with van der Waals surface area (Å²) in [4.78, 5) is 1.00. The molecule has 0 aliphatic heterocycles. The second-order valence-corrected chi connectivity index (χ2v) is 4.71. The number of fused-ring (bicyclic) bond motifs is 1. The summed E-state index contributed by atoms with van der Waals surface area (Å²) in [6, 6.07) is 18.9. The maximum Gasteiger partial charge on any atom is 0.0488 e. The van der Waals surface area contributed by atoms with Crippen molar-refractivity contribution in [3.63, 3.8) is 0 Å². The number of aromatic nitrogens is 1. The van der Waals surface area contributed by atoms with Gasteiger partial charge in [-0.3, -0.25) is 0 Å². The van der Waals surface area contributed by atoms with Crippen LogP contribution in [0.3, 0.4) is 0 Å². The van der Waals surface area contributed by atoms with Crippen LogP contribution in [-0.4, -0.2) is 4.57 Å². The van der Waals surface area contributed by atoms with E-state index in [-0.39, 0.29) is 0 Å². The fourth-order valence-corrected chi connectivity index (χ4v) is 2.44. The molecule has 2 aromatic carbocycles. The van der Waals surface area contributed by atoms with Crippen molar-refractivity contribution in [1.29, 1.82) is 0 Å². The third kappa shape index (κ3) is 1.75. The molecule has 0 amide bonds. The molecule has 0 saturated heterocycles. The Morgan fingerprint density at radius 2 is 1.71 bits per heavy atom. The third-order valence-electron chi connectivity index (χ3n) is 3.10. The largest absolute Gasteiger partial charge is 0.344 e. The number of hydrogen-bond donors (Lipinski definition) is 1. The van der Waals surface area contributed by atoms with Crippen LogP contribution in [0.1, 0.15) is 0 Å². The molecule has 1 heterocycles. The van der Waals surface area contributed by atoms with Gasteiger partial charge in [-0.1, -0.05) is 30.3 Å². The smallest absolute Gasteiger partial charge is 0.0488 e. The minimum Gasteiger partial charge on any atom is -0.344 e. The summed E-state index contributed by atoms with van der Waals surface area (Å²) in [5, 5.41) is 1.24. The lowest BCUT2D eigenvalue weighted by Gasteiger charge is -2.03. The first-order chi connectivity index (χ1) is 8.25. The molecule has 17 heavy (non-hydrogen) atoms. The van der Waals surface area contributed by atoms with Gasteiger partial charge in [0, 0.05) is 28.5 Å². The van der Waals surface area contributed by atoms with Gasteiger partial charge in [-0.25, -0.2) is 0 Å². The van der Waals surface area contributed by atoms with Crippen LogP contribution in [0.15, 0.2) is 59.5 Å². The van der Waals surface area contributed by atoms with Crippen molar-refractivity contribution < 1.29 is 0 Å². The first kappa shape index (κ1) is 10.5. The zero-order valence-corrected chi connectivity index (χ0v) is 10.5. The molecular weight excluding hydrogens is 226 g/mol. The van der Waals surface area contributed by atoms with Gasteiger partial charge in [-0.05, 0) is 29.8 Å². The maximum atomic E-state index is 4.38. The van der Waals surface area contributed by atoms with Crippen molar-refractivity contribution in [2.75, 3.05) is 0 Å². The highest BCUT2D eigenvalue weighted by atomic mass is 32.1. The number of nitrogens with zero attached hydrogens (tertiary/aromatic N) is 1. The van der Waals surface area contributed by atoms with E-state index in [4.69, 9.17) is 0 Å². The Labute approximate surface area is 106 Å². The van der Waals surface area contributed by atoms with E-state index in [1.54, 1.807) is 0 Å². The SMILES string of the molecule is Cn1c(-c2ccccc2)cc2cc(S)ccc21. The molecule has 0 unspecified atom stereocenters. The topological polar surface area (TPSA) is 4.93 Å². The molecule has 0 aliphatic rings. The molecule has 2 heteroatoms. The standard InChI is InChI=1S/C15H13NS/c1-16-14-8-7-13(17)9-12(14)10-15(16)11-5-3-2-4-6-11/h2-10,17H,1H3. The molecule has 0 radical (unpaired) electrons. The highest BCUT2D eigenvalue weighted by molar-refractivity contribution is 7.80. The molecule has 0 aliphatic carbocycles. The normalized spacial score (nSPS) is 10.9. The van der Waals surface area contributed by atoms with Gasteiger partial charge in [-0.15, -0.1) is 12.6 Å². The Kier molecular flexibility index (Phi) is 2.45. The van der Waals surface area contributed by atoms with Gasteiger partial charge in [0.1, 0.15) is 0 Å². The molecular formula is C15H13NS. The van der Waals surface area contributed by atoms with Crippen LogP contribution in [0.25, 0.3) is 22.2 Å². The molecule has 1 nitrogen and oxygen atoms in total. The molecule has 0 saturated carbocycles. The predicted octanol–water partition coefficient (Wildman–Crippen LogP) is 4.13. The minimum atomic E-state index is 1.00. The fourth-order valence-electron chi connectivity index (χ4n) is 2.22. The average Bonchev–Trinajstić information content (AvgIpc) is 2.67. The highest BCUT2D eigenvalue weighted by Crippen LogP contribution is 2.28. The number of rotatable bonds is 1. The lowest BCUT2D eigenvalue weighted by molar-refractivity contribution is 0.978. The minimum absolute atomic E-state index is 1.00. The van der Waals surface area contributed by atoms with E-state index in [2.05, 4.69) is 66.7 Å². The Balaban J connectivity index is 2.28. The van der Waals surface area contributed by atoms with Gasteiger partial charge in [0.2, 0.25) is 0 Å². The van der Waals surface area contributed by atoms with Crippen LogP contribution < -0.4 is 0 Å².